The normalized spacial score (nSPS) is 16.4. The van der Waals surface area contributed by atoms with Gasteiger partial charge in [-0.25, -0.2) is 5.06 Å². The Morgan fingerprint density at radius 2 is 2.27 bits per heavy atom. The van der Waals surface area contributed by atoms with Gasteiger partial charge in [0.05, 0.1) is 19.8 Å². The highest BCUT2D eigenvalue weighted by Gasteiger charge is 2.30. The molecule has 11 nitrogen and oxygen atoms in total. The van der Waals surface area contributed by atoms with E-state index in [1.165, 1.54) is 5.06 Å². The van der Waals surface area contributed by atoms with E-state index in [0.29, 0.717) is 0 Å². The van der Waals surface area contributed by atoms with E-state index in [2.05, 4.69) is 15.3 Å². The van der Waals surface area contributed by atoms with Crippen LogP contribution in [0.15, 0.2) is 4.79 Å². The number of hydrogen-bond donors (Lipinski definition) is 4. The molecule has 5 N–H and O–H groups in total. The minimum atomic E-state index is -2.20. The van der Waals surface area contributed by atoms with Crippen molar-refractivity contribution in [2.75, 3.05) is 42.6 Å². The van der Waals surface area contributed by atoms with Crippen LogP contribution in [0.2, 0.25) is 0 Å². The van der Waals surface area contributed by atoms with E-state index in [1.54, 1.807) is 6.92 Å². The monoisotopic (exact) mass is 333 g/mol. The summed E-state index contributed by atoms with van der Waals surface area (Å²) < 4.78 is 20.5. The number of nitrogens with two attached hydrogens (primary N) is 1. The van der Waals surface area contributed by atoms with Gasteiger partial charge in [0.1, 0.15) is 12.4 Å². The molecule has 0 amide bonds. The first-order chi connectivity index (χ1) is 10.5. The van der Waals surface area contributed by atoms with Gasteiger partial charge in [-0.1, -0.05) is 0 Å². The lowest BCUT2D eigenvalue weighted by atomic mass is 10.5. The fourth-order valence-corrected chi connectivity index (χ4v) is 2.08. The first-order valence-electron chi connectivity index (χ1n) is 6.38. The third-order valence-corrected chi connectivity index (χ3v) is 3.11. The van der Waals surface area contributed by atoms with Gasteiger partial charge in [0.25, 0.3) is 14.0 Å². The van der Waals surface area contributed by atoms with Crippen LogP contribution in [0.4, 0.5) is 17.5 Å². The Hall–Kier alpha value is -1.78. The number of fused-ring (bicyclic) bond motifs is 1. The van der Waals surface area contributed by atoms with Crippen LogP contribution in [0.3, 0.4) is 0 Å². The maximum absolute atomic E-state index is 11.6. The smallest absolute Gasteiger partial charge is 0.366 e. The van der Waals surface area contributed by atoms with Crippen molar-refractivity contribution in [3.8, 4) is 0 Å². The largest absolute Gasteiger partial charge is 0.369 e. The highest BCUT2D eigenvalue weighted by atomic mass is 31.1. The molecule has 0 aliphatic carbocycles. The van der Waals surface area contributed by atoms with Gasteiger partial charge in [-0.3, -0.25) is 19.2 Å². The van der Waals surface area contributed by atoms with Gasteiger partial charge in [0, 0.05) is 0 Å². The summed E-state index contributed by atoms with van der Waals surface area (Å²) in [5, 5.41) is 13.7. The predicted molar refractivity (Wildman–Crippen MR) is 76.3 cm³/mol. The second-order valence-corrected chi connectivity index (χ2v) is 4.87. The van der Waals surface area contributed by atoms with E-state index >= 15 is 0 Å². The molecule has 1 aliphatic heterocycles. The van der Waals surface area contributed by atoms with Crippen molar-refractivity contribution in [2.24, 2.45) is 0 Å². The van der Waals surface area contributed by atoms with Gasteiger partial charge >= 0.3 is 5.71 Å². The van der Waals surface area contributed by atoms with Crippen molar-refractivity contribution in [3.63, 3.8) is 0 Å². The standard InChI is InChI=1S/C10H16N5O6P/c1-2-19-10(17,22-18)20-3-4-21-15-5-12-6-7(15)13-9(11)14-8(6)16/h12,17H,2-5H2,1H3,(H3,11,13,14,16). The molecule has 0 spiro atoms. The highest BCUT2D eigenvalue weighted by Crippen LogP contribution is 2.26. The van der Waals surface area contributed by atoms with Crippen molar-refractivity contribution in [3.05, 3.63) is 10.4 Å². The lowest BCUT2D eigenvalue weighted by Gasteiger charge is -2.21. The van der Waals surface area contributed by atoms with E-state index in [-0.39, 0.29) is 43.9 Å². The van der Waals surface area contributed by atoms with Crippen LogP contribution in [0, 0.1) is 0 Å². The second kappa shape index (κ2) is 6.99. The molecular formula is C10H16N5O6P. The van der Waals surface area contributed by atoms with Crippen LogP contribution in [-0.4, -0.2) is 47.3 Å². The first-order valence-corrected chi connectivity index (χ1v) is 7.19. The van der Waals surface area contributed by atoms with Crippen LogP contribution >= 0.6 is 8.46 Å². The zero-order valence-corrected chi connectivity index (χ0v) is 12.6. The molecular weight excluding hydrogens is 317 g/mol. The molecule has 0 aromatic carbocycles. The Kier molecular flexibility index (Phi) is 5.27. The minimum absolute atomic E-state index is 0.000405. The lowest BCUT2D eigenvalue weighted by Crippen LogP contribution is -2.32. The number of hydroxylamine groups is 1. The zero-order chi connectivity index (χ0) is 16.2. The summed E-state index contributed by atoms with van der Waals surface area (Å²) in [5.41, 5.74) is 3.12. The van der Waals surface area contributed by atoms with E-state index in [9.17, 15) is 14.5 Å². The SMILES string of the molecule is CCOC(O)(OCCON1CNc2c1nc(N)[nH]c2=O)P=O. The van der Waals surface area contributed by atoms with E-state index in [1.807, 2.05) is 0 Å². The molecule has 0 saturated carbocycles. The van der Waals surface area contributed by atoms with Gasteiger partial charge in [-0.05, 0) is 6.92 Å². The molecule has 122 valence electrons. The Labute approximate surface area is 126 Å². The third-order valence-electron chi connectivity index (χ3n) is 2.62. The van der Waals surface area contributed by atoms with Crippen molar-refractivity contribution < 1.29 is 24.0 Å². The molecule has 1 aromatic heterocycles. The number of aromatic amines is 1. The molecule has 0 bridgehead atoms. The van der Waals surface area contributed by atoms with Gasteiger partial charge in [0.2, 0.25) is 5.95 Å². The fourth-order valence-electron chi connectivity index (χ4n) is 1.76. The van der Waals surface area contributed by atoms with E-state index in [4.69, 9.17) is 20.0 Å². The van der Waals surface area contributed by atoms with E-state index in [0.717, 1.165) is 0 Å². The summed E-state index contributed by atoms with van der Waals surface area (Å²) in [7, 11) is -0.712. The van der Waals surface area contributed by atoms with E-state index < -0.39 is 19.7 Å². The summed E-state index contributed by atoms with van der Waals surface area (Å²) in [5.74, 6) is 0.219. The lowest BCUT2D eigenvalue weighted by molar-refractivity contribution is -0.298. The zero-order valence-electron chi connectivity index (χ0n) is 11.7. The van der Waals surface area contributed by atoms with Gasteiger partial charge in [-0.15, -0.1) is 0 Å². The molecule has 2 rings (SSSR count). The molecule has 2 heterocycles. The molecule has 22 heavy (non-hydrogen) atoms. The maximum atomic E-state index is 11.6. The fraction of sp³-hybridized carbons (Fsp3) is 0.600. The van der Waals surface area contributed by atoms with Crippen LogP contribution in [0.25, 0.3) is 0 Å². The van der Waals surface area contributed by atoms with Crippen molar-refractivity contribution in [1.82, 2.24) is 9.97 Å². The number of H-pyrrole nitrogens is 1. The average Bonchev–Trinajstić information content (AvgIpc) is 2.87. The first kappa shape index (κ1) is 16.6. The maximum Gasteiger partial charge on any atom is 0.366 e. The Morgan fingerprint density at radius 3 is 2.95 bits per heavy atom. The summed E-state index contributed by atoms with van der Waals surface area (Å²) in [4.78, 5) is 23.3. The molecule has 0 radical (unpaired) electrons. The molecule has 0 fully saturated rings. The number of nitrogen functional groups attached to an aromatic ring is 1. The second-order valence-electron chi connectivity index (χ2n) is 4.12. The Morgan fingerprint density at radius 1 is 1.50 bits per heavy atom. The summed E-state index contributed by atoms with van der Waals surface area (Å²) in [6.07, 6.45) is 0. The molecule has 1 aromatic rings. The van der Waals surface area contributed by atoms with Crippen LogP contribution in [-0.2, 0) is 18.9 Å². The number of anilines is 3. The van der Waals surface area contributed by atoms with Gasteiger partial charge in [-0.2, -0.15) is 4.98 Å². The average molecular weight is 333 g/mol. The quantitative estimate of drug-likeness (QED) is 0.276. The van der Waals surface area contributed by atoms with Crippen molar-refractivity contribution in [1.29, 1.82) is 0 Å². The topological polar surface area (TPSA) is 152 Å². The summed E-state index contributed by atoms with van der Waals surface area (Å²) in [6, 6.07) is 0. The molecule has 12 heteroatoms. The minimum Gasteiger partial charge on any atom is -0.369 e. The number of aromatic nitrogens is 2. The number of aliphatic hydroxyl groups is 1. The highest BCUT2D eigenvalue weighted by molar-refractivity contribution is 7.25. The Bertz CT molecular complexity index is 598. The predicted octanol–water partition coefficient (Wildman–Crippen LogP) is -0.578. The number of nitrogens with zero attached hydrogens (tertiary/aromatic N) is 2. The van der Waals surface area contributed by atoms with Crippen molar-refractivity contribution >= 4 is 25.9 Å². The van der Waals surface area contributed by atoms with Crippen LogP contribution in [0.1, 0.15) is 6.92 Å². The third kappa shape index (κ3) is 3.70. The van der Waals surface area contributed by atoms with Crippen molar-refractivity contribution in [2.45, 2.75) is 12.6 Å². The number of ether oxygens (including phenoxy) is 2. The number of rotatable bonds is 8. The van der Waals surface area contributed by atoms with Crippen LogP contribution in [0.5, 0.6) is 0 Å². The molecule has 1 unspecified atom stereocenters. The Balaban J connectivity index is 1.88. The molecule has 1 aliphatic rings. The summed E-state index contributed by atoms with van der Waals surface area (Å²) >= 11 is 0. The summed E-state index contributed by atoms with van der Waals surface area (Å²) in [6.45, 7) is 1.85. The number of hydrogen-bond acceptors (Lipinski definition) is 10. The molecule has 0 saturated heterocycles. The van der Waals surface area contributed by atoms with Crippen LogP contribution < -0.4 is 21.7 Å². The van der Waals surface area contributed by atoms with Gasteiger partial charge < -0.3 is 25.6 Å². The number of nitrogens with one attached hydrogen (secondary N) is 2. The molecule has 1 atom stereocenters. The van der Waals surface area contributed by atoms with Gasteiger partial charge in [0.15, 0.2) is 5.82 Å².